The van der Waals surface area contributed by atoms with E-state index < -0.39 is 5.97 Å². The fraction of sp³-hybridized carbons (Fsp3) is 0.643. The summed E-state index contributed by atoms with van der Waals surface area (Å²) in [6.45, 7) is 1.21. The lowest BCUT2D eigenvalue weighted by Gasteiger charge is -2.30. The van der Waals surface area contributed by atoms with Gasteiger partial charge in [0.05, 0.1) is 10.2 Å². The number of hydrogen-bond donors (Lipinski definition) is 2. The molecule has 0 radical (unpaired) electrons. The number of piperidine rings is 1. The zero-order chi connectivity index (χ0) is 15.0. The first-order chi connectivity index (χ1) is 10.1. The van der Waals surface area contributed by atoms with Crippen LogP contribution < -0.4 is 0 Å². The summed E-state index contributed by atoms with van der Waals surface area (Å²) >= 11 is 3.48. The Labute approximate surface area is 131 Å². The number of hydrogen-bond acceptors (Lipinski definition) is 3. The number of aromatic amines is 1. The Morgan fingerprint density at radius 3 is 2.52 bits per heavy atom. The molecule has 0 bridgehead atoms. The molecule has 0 aromatic carbocycles. The Morgan fingerprint density at radius 2 is 1.95 bits per heavy atom. The Hall–Kier alpha value is -1.37. The van der Waals surface area contributed by atoms with E-state index >= 15 is 0 Å². The van der Waals surface area contributed by atoms with Gasteiger partial charge in [0.2, 0.25) is 0 Å². The Bertz CT molecular complexity index is 560. The van der Waals surface area contributed by atoms with Gasteiger partial charge in [-0.3, -0.25) is 14.7 Å². The summed E-state index contributed by atoms with van der Waals surface area (Å²) < 4.78 is 0.794. The third-order valence-corrected chi connectivity index (χ3v) is 5.09. The minimum Gasteiger partial charge on any atom is -0.481 e. The van der Waals surface area contributed by atoms with Crippen LogP contribution in [0.2, 0.25) is 0 Å². The number of H-pyrrole nitrogens is 1. The minimum atomic E-state index is -0.760. The normalized spacial score (nSPS) is 19.8. The third kappa shape index (κ3) is 3.12. The van der Waals surface area contributed by atoms with Gasteiger partial charge in [0.15, 0.2) is 5.69 Å². The summed E-state index contributed by atoms with van der Waals surface area (Å²) in [4.78, 5) is 25.0. The van der Waals surface area contributed by atoms with E-state index in [9.17, 15) is 9.59 Å². The molecule has 7 heteroatoms. The Kier molecular flexibility index (Phi) is 4.01. The van der Waals surface area contributed by atoms with Gasteiger partial charge < -0.3 is 10.0 Å². The lowest BCUT2D eigenvalue weighted by Crippen LogP contribution is -2.39. The average molecular weight is 356 g/mol. The first kappa shape index (κ1) is 14.6. The Balaban J connectivity index is 1.62. The summed E-state index contributed by atoms with van der Waals surface area (Å²) in [5.41, 5.74) is 1.48. The number of aliphatic carboxylic acids is 1. The molecule has 0 atom stereocenters. The van der Waals surface area contributed by atoms with Crippen molar-refractivity contribution in [2.45, 2.75) is 38.0 Å². The Morgan fingerprint density at radius 1 is 1.29 bits per heavy atom. The minimum absolute atomic E-state index is 0.0706. The number of carboxylic acids is 1. The van der Waals surface area contributed by atoms with Gasteiger partial charge in [0.25, 0.3) is 5.91 Å². The number of amides is 1. The lowest BCUT2D eigenvalue weighted by atomic mass is 9.93. The van der Waals surface area contributed by atoms with Crippen LogP contribution in [0.1, 0.15) is 54.2 Å². The van der Waals surface area contributed by atoms with Crippen molar-refractivity contribution in [3.8, 4) is 0 Å². The topological polar surface area (TPSA) is 86.3 Å². The highest BCUT2D eigenvalue weighted by atomic mass is 79.9. The molecule has 1 amide bonds. The van der Waals surface area contributed by atoms with E-state index in [2.05, 4.69) is 26.1 Å². The van der Waals surface area contributed by atoms with Crippen molar-refractivity contribution in [2.24, 2.45) is 5.92 Å². The first-order valence-electron chi connectivity index (χ1n) is 7.31. The van der Waals surface area contributed by atoms with Crippen molar-refractivity contribution < 1.29 is 14.7 Å². The van der Waals surface area contributed by atoms with Crippen molar-refractivity contribution in [1.29, 1.82) is 0 Å². The zero-order valence-electron chi connectivity index (χ0n) is 11.6. The third-order valence-electron chi connectivity index (χ3n) is 4.29. The molecule has 6 nitrogen and oxygen atoms in total. The number of halogens is 1. The quantitative estimate of drug-likeness (QED) is 0.867. The standard InChI is InChI=1S/C14H18BrN3O3/c15-11-12(9-1-2-9)16-17-13(11)14(21)18-5-3-8(4-6-18)7-10(19)20/h8-9H,1-7H2,(H,16,17)(H,19,20). The van der Waals surface area contributed by atoms with E-state index in [0.29, 0.717) is 24.7 Å². The molecule has 3 rings (SSSR count). The number of nitrogens with one attached hydrogen (secondary N) is 1. The highest BCUT2D eigenvalue weighted by Gasteiger charge is 2.32. The fourth-order valence-electron chi connectivity index (χ4n) is 2.86. The maximum absolute atomic E-state index is 12.5. The molecule has 21 heavy (non-hydrogen) atoms. The number of carbonyl (C=O) groups is 2. The molecule has 1 saturated carbocycles. The molecular weight excluding hydrogens is 338 g/mol. The zero-order valence-corrected chi connectivity index (χ0v) is 13.2. The predicted molar refractivity (Wildman–Crippen MR) is 79.1 cm³/mol. The number of rotatable bonds is 4. The molecule has 0 unspecified atom stereocenters. The van der Waals surface area contributed by atoms with Gasteiger partial charge in [-0.15, -0.1) is 0 Å². The number of nitrogens with zero attached hydrogens (tertiary/aromatic N) is 2. The fourth-order valence-corrected chi connectivity index (χ4v) is 3.53. The highest BCUT2D eigenvalue weighted by molar-refractivity contribution is 9.10. The van der Waals surface area contributed by atoms with Crippen LogP contribution in [0.3, 0.4) is 0 Å². The molecular formula is C14H18BrN3O3. The van der Waals surface area contributed by atoms with Gasteiger partial charge in [-0.05, 0) is 47.5 Å². The summed E-state index contributed by atoms with van der Waals surface area (Å²) in [6.07, 6.45) is 3.98. The molecule has 1 aliphatic heterocycles. The highest BCUT2D eigenvalue weighted by Crippen LogP contribution is 2.43. The lowest BCUT2D eigenvalue weighted by molar-refractivity contribution is -0.138. The van der Waals surface area contributed by atoms with Crippen molar-refractivity contribution >= 4 is 27.8 Å². The van der Waals surface area contributed by atoms with Crippen molar-refractivity contribution in [3.05, 3.63) is 15.9 Å². The maximum atomic E-state index is 12.5. The molecule has 0 spiro atoms. The molecule has 114 valence electrons. The largest absolute Gasteiger partial charge is 0.481 e. The van der Waals surface area contributed by atoms with Crippen molar-refractivity contribution in [2.75, 3.05) is 13.1 Å². The molecule has 2 heterocycles. The van der Waals surface area contributed by atoms with Gasteiger partial charge in [-0.1, -0.05) is 0 Å². The van der Waals surface area contributed by atoms with Gasteiger partial charge in [-0.2, -0.15) is 5.10 Å². The van der Waals surface area contributed by atoms with Gasteiger partial charge in [-0.25, -0.2) is 0 Å². The second-order valence-corrected chi connectivity index (χ2v) is 6.70. The van der Waals surface area contributed by atoms with E-state index in [0.717, 1.165) is 35.8 Å². The molecule has 1 aliphatic carbocycles. The van der Waals surface area contributed by atoms with Gasteiger partial charge >= 0.3 is 5.97 Å². The molecule has 2 fully saturated rings. The summed E-state index contributed by atoms with van der Waals surface area (Å²) in [5.74, 6) is -0.145. The number of likely N-dealkylation sites (tertiary alicyclic amines) is 1. The molecule has 1 aromatic heterocycles. The van der Waals surface area contributed by atoms with E-state index in [1.54, 1.807) is 4.90 Å². The molecule has 2 aliphatic rings. The second kappa shape index (κ2) is 5.79. The maximum Gasteiger partial charge on any atom is 0.303 e. The van der Waals surface area contributed by atoms with Crippen LogP contribution in [0.4, 0.5) is 0 Å². The van der Waals surface area contributed by atoms with E-state index in [1.807, 2.05) is 0 Å². The van der Waals surface area contributed by atoms with Crippen LogP contribution in [0.25, 0.3) is 0 Å². The van der Waals surface area contributed by atoms with Crippen LogP contribution >= 0.6 is 15.9 Å². The number of carboxylic acid groups (broad SMARTS) is 1. The van der Waals surface area contributed by atoms with Crippen LogP contribution in [0.15, 0.2) is 4.47 Å². The average Bonchev–Trinajstić information content (AvgIpc) is 3.21. The van der Waals surface area contributed by atoms with Crippen molar-refractivity contribution in [1.82, 2.24) is 15.1 Å². The van der Waals surface area contributed by atoms with E-state index in [4.69, 9.17) is 5.11 Å². The van der Waals surface area contributed by atoms with Crippen LogP contribution in [-0.2, 0) is 4.79 Å². The van der Waals surface area contributed by atoms with Crippen LogP contribution in [0.5, 0.6) is 0 Å². The SMILES string of the molecule is O=C(O)CC1CCN(C(=O)c2n[nH]c(C3CC3)c2Br)CC1. The number of carbonyl (C=O) groups excluding carboxylic acids is 1. The van der Waals surface area contributed by atoms with E-state index in [1.165, 1.54) is 0 Å². The smallest absolute Gasteiger partial charge is 0.303 e. The second-order valence-electron chi connectivity index (χ2n) is 5.91. The molecule has 1 aromatic rings. The molecule has 1 saturated heterocycles. The first-order valence-corrected chi connectivity index (χ1v) is 8.10. The summed E-state index contributed by atoms with van der Waals surface area (Å²) in [7, 11) is 0. The number of aromatic nitrogens is 2. The van der Waals surface area contributed by atoms with Crippen LogP contribution in [0, 0.1) is 5.92 Å². The predicted octanol–water partition coefficient (Wildman–Crippen LogP) is 2.38. The molecule has 2 N–H and O–H groups in total. The van der Waals surface area contributed by atoms with Gasteiger partial charge in [0.1, 0.15) is 0 Å². The van der Waals surface area contributed by atoms with Crippen LogP contribution in [-0.4, -0.2) is 45.2 Å². The van der Waals surface area contributed by atoms with Gasteiger partial charge in [0, 0.05) is 25.4 Å². The summed E-state index contributed by atoms with van der Waals surface area (Å²) in [5, 5.41) is 15.9. The monoisotopic (exact) mass is 355 g/mol. The summed E-state index contributed by atoms with van der Waals surface area (Å²) in [6, 6.07) is 0. The van der Waals surface area contributed by atoms with Crippen molar-refractivity contribution in [3.63, 3.8) is 0 Å². The van der Waals surface area contributed by atoms with E-state index in [-0.39, 0.29) is 18.2 Å².